The average molecular weight is 569 g/mol. The number of anilines is 2. The number of fused-ring (bicyclic) bond motifs is 4. The predicted octanol–water partition coefficient (Wildman–Crippen LogP) is 10.5. The highest BCUT2D eigenvalue weighted by atomic mass is 14.7. The van der Waals surface area contributed by atoms with Crippen LogP contribution >= 0.6 is 0 Å². The van der Waals surface area contributed by atoms with Crippen LogP contribution in [0.1, 0.15) is 70.6 Å². The van der Waals surface area contributed by atoms with Crippen molar-refractivity contribution >= 4 is 55.0 Å². The van der Waals surface area contributed by atoms with Gasteiger partial charge in [0.2, 0.25) is 0 Å². The van der Waals surface area contributed by atoms with E-state index in [0.717, 1.165) is 66.8 Å². The topological polar surface area (TPSA) is 77.8 Å². The number of aromatic nitrogens is 2. The lowest BCUT2D eigenvalue weighted by Gasteiger charge is -2.28. The van der Waals surface area contributed by atoms with Gasteiger partial charge in [-0.1, -0.05) is 137 Å². The van der Waals surface area contributed by atoms with Crippen molar-refractivity contribution in [3.63, 3.8) is 0 Å². The lowest BCUT2D eigenvalue weighted by Crippen LogP contribution is -2.14. The highest BCUT2D eigenvalue weighted by Gasteiger charge is 2.20. The van der Waals surface area contributed by atoms with Crippen LogP contribution in [-0.2, 0) is 0 Å². The number of hydrogen-bond acceptors (Lipinski definition) is 4. The Kier molecular flexibility index (Phi) is 9.32. The molecular weight excluding hydrogens is 524 g/mol. The third-order valence-corrected chi connectivity index (χ3v) is 9.37. The number of pyridine rings is 2. The van der Waals surface area contributed by atoms with Gasteiger partial charge in [0.1, 0.15) is 0 Å². The Balaban J connectivity index is 0.000000115. The van der Waals surface area contributed by atoms with Crippen LogP contribution in [0.25, 0.3) is 43.6 Å². The van der Waals surface area contributed by atoms with Gasteiger partial charge in [-0.25, -0.2) is 9.97 Å². The maximum absolute atomic E-state index is 6.11. The van der Waals surface area contributed by atoms with Gasteiger partial charge in [-0.3, -0.25) is 0 Å². The molecule has 0 atom stereocenters. The van der Waals surface area contributed by atoms with E-state index in [9.17, 15) is 0 Å². The summed E-state index contributed by atoms with van der Waals surface area (Å²) >= 11 is 0. The van der Waals surface area contributed by atoms with E-state index in [4.69, 9.17) is 11.5 Å². The minimum Gasteiger partial charge on any atom is -0.398 e. The van der Waals surface area contributed by atoms with Crippen molar-refractivity contribution in [2.75, 3.05) is 11.5 Å². The summed E-state index contributed by atoms with van der Waals surface area (Å²) < 4.78 is 0. The summed E-state index contributed by atoms with van der Waals surface area (Å²) in [6.45, 7) is 0. The molecule has 43 heavy (non-hydrogen) atoms. The molecule has 220 valence electrons. The summed E-state index contributed by atoms with van der Waals surface area (Å²) in [5.41, 5.74) is 17.7. The van der Waals surface area contributed by atoms with Gasteiger partial charge >= 0.3 is 0 Å². The molecule has 8 rings (SSSR count). The number of benzene rings is 4. The molecule has 6 aromatic rings. The fourth-order valence-corrected chi connectivity index (χ4v) is 7.06. The zero-order valence-corrected chi connectivity index (χ0v) is 25.2. The molecule has 0 bridgehead atoms. The van der Waals surface area contributed by atoms with E-state index >= 15 is 0 Å². The molecule has 0 amide bonds. The van der Waals surface area contributed by atoms with Gasteiger partial charge in [-0.2, -0.15) is 0 Å². The summed E-state index contributed by atoms with van der Waals surface area (Å²) in [6, 6.07) is 31.8. The van der Waals surface area contributed by atoms with Crippen molar-refractivity contribution in [1.29, 1.82) is 0 Å². The number of rotatable bonds is 2. The van der Waals surface area contributed by atoms with E-state index in [1.807, 2.05) is 97.1 Å². The molecule has 2 aromatic heterocycles. The first-order valence-corrected chi connectivity index (χ1v) is 16.2. The predicted molar refractivity (Wildman–Crippen MR) is 185 cm³/mol. The van der Waals surface area contributed by atoms with Crippen molar-refractivity contribution in [3.8, 4) is 0 Å². The lowest BCUT2D eigenvalue weighted by atomic mass is 9.78. The second-order valence-electron chi connectivity index (χ2n) is 12.4. The largest absolute Gasteiger partial charge is 0.398 e. The van der Waals surface area contributed by atoms with E-state index < -0.39 is 0 Å². The fraction of sp³-hybridized carbons (Fsp3) is 0.333. The molecule has 4 nitrogen and oxygen atoms in total. The van der Waals surface area contributed by atoms with Crippen molar-refractivity contribution in [3.05, 3.63) is 97.1 Å². The zero-order valence-electron chi connectivity index (χ0n) is 25.2. The Hall–Kier alpha value is -4.18. The van der Waals surface area contributed by atoms with Crippen LogP contribution in [0.15, 0.2) is 97.1 Å². The van der Waals surface area contributed by atoms with Crippen LogP contribution in [-0.4, -0.2) is 9.97 Å². The van der Waals surface area contributed by atoms with E-state index in [1.165, 1.54) is 38.5 Å². The van der Waals surface area contributed by atoms with E-state index in [0.29, 0.717) is 0 Å². The van der Waals surface area contributed by atoms with E-state index in [-0.39, 0.29) is 0 Å². The van der Waals surface area contributed by atoms with Crippen molar-refractivity contribution in [1.82, 2.24) is 9.97 Å². The Morgan fingerprint density at radius 3 is 1.00 bits per heavy atom. The average Bonchev–Trinajstić information content (AvgIpc) is 3.07. The van der Waals surface area contributed by atoms with E-state index in [1.54, 1.807) is 32.1 Å². The molecule has 2 fully saturated rings. The Labute approximate surface area is 255 Å². The molecule has 4 aromatic carbocycles. The quantitative estimate of drug-likeness (QED) is 0.204. The standard InChI is InChI=1S/2C13H10N2.C13H24/c2*14-13-9-5-1-3-7-11(9)15-12-8-4-2-6-10(12)13;1-3-7-12(8-4-1)11-13-9-5-2-6-10-13/h2*1-8H,(H2,14,15);12-13H,1-11H2. The van der Waals surface area contributed by atoms with Crippen LogP contribution in [0.4, 0.5) is 11.4 Å². The summed E-state index contributed by atoms with van der Waals surface area (Å²) in [7, 11) is 0. The molecule has 2 heterocycles. The van der Waals surface area contributed by atoms with Gasteiger partial charge in [0.05, 0.1) is 33.4 Å². The first-order valence-electron chi connectivity index (χ1n) is 16.2. The highest BCUT2D eigenvalue weighted by molar-refractivity contribution is 6.07. The maximum Gasteiger partial charge on any atom is 0.0730 e. The first-order chi connectivity index (χ1) is 21.2. The second kappa shape index (κ2) is 13.9. The Bertz CT molecular complexity index is 1560. The number of nitrogens with two attached hydrogens (primary N) is 2. The second-order valence-corrected chi connectivity index (χ2v) is 12.4. The minimum absolute atomic E-state index is 0.816. The molecular formula is C39H44N4. The normalized spacial score (nSPS) is 16.0. The molecule has 2 aliphatic carbocycles. The van der Waals surface area contributed by atoms with Gasteiger partial charge in [0.25, 0.3) is 0 Å². The monoisotopic (exact) mass is 568 g/mol. The summed E-state index contributed by atoms with van der Waals surface area (Å²) in [5.74, 6) is 2.24. The molecule has 4 N–H and O–H groups in total. The van der Waals surface area contributed by atoms with Gasteiger partial charge in [-0.15, -0.1) is 0 Å². The number of para-hydroxylation sites is 4. The lowest BCUT2D eigenvalue weighted by molar-refractivity contribution is 0.244. The summed E-state index contributed by atoms with van der Waals surface area (Å²) in [6.07, 6.45) is 16.9. The molecule has 0 aliphatic heterocycles. The van der Waals surface area contributed by atoms with Crippen LogP contribution in [0, 0.1) is 11.8 Å². The van der Waals surface area contributed by atoms with Gasteiger partial charge in [-0.05, 0) is 42.5 Å². The molecule has 2 saturated carbocycles. The van der Waals surface area contributed by atoms with Crippen LogP contribution in [0.5, 0.6) is 0 Å². The third-order valence-electron chi connectivity index (χ3n) is 9.37. The third kappa shape index (κ3) is 6.91. The SMILES string of the molecule is C1CCC(CC2CCCCC2)CC1.Nc1c2ccccc2nc2ccccc12.Nc1c2ccccc2nc2ccccc12. The molecule has 2 aliphatic rings. The molecule has 4 heteroatoms. The van der Waals surface area contributed by atoms with Crippen molar-refractivity contribution in [2.24, 2.45) is 11.8 Å². The molecule has 0 unspecified atom stereocenters. The minimum atomic E-state index is 0.816. The van der Waals surface area contributed by atoms with Crippen molar-refractivity contribution in [2.45, 2.75) is 70.6 Å². The van der Waals surface area contributed by atoms with Gasteiger partial charge in [0, 0.05) is 21.5 Å². The zero-order chi connectivity index (χ0) is 29.4. The molecule has 0 saturated heterocycles. The summed E-state index contributed by atoms with van der Waals surface area (Å²) in [4.78, 5) is 9.12. The van der Waals surface area contributed by atoms with Crippen LogP contribution in [0.3, 0.4) is 0 Å². The maximum atomic E-state index is 6.11. The fourth-order valence-electron chi connectivity index (χ4n) is 7.06. The Morgan fingerprint density at radius 2 is 0.698 bits per heavy atom. The first kappa shape index (κ1) is 28.9. The van der Waals surface area contributed by atoms with Crippen molar-refractivity contribution < 1.29 is 0 Å². The van der Waals surface area contributed by atoms with Gasteiger partial charge in [0.15, 0.2) is 0 Å². The number of hydrogen-bond donors (Lipinski definition) is 2. The summed E-state index contributed by atoms with van der Waals surface area (Å²) in [5, 5.41) is 4.10. The number of nitrogens with zero attached hydrogens (tertiary/aromatic N) is 2. The molecule has 0 spiro atoms. The van der Waals surface area contributed by atoms with Gasteiger partial charge < -0.3 is 11.5 Å². The Morgan fingerprint density at radius 1 is 0.419 bits per heavy atom. The smallest absolute Gasteiger partial charge is 0.0730 e. The number of nitrogen functional groups attached to an aromatic ring is 2. The molecule has 0 radical (unpaired) electrons. The van der Waals surface area contributed by atoms with Crippen LogP contribution < -0.4 is 11.5 Å². The van der Waals surface area contributed by atoms with E-state index in [2.05, 4.69) is 9.97 Å². The highest BCUT2D eigenvalue weighted by Crippen LogP contribution is 2.35. The van der Waals surface area contributed by atoms with Crippen LogP contribution in [0.2, 0.25) is 0 Å².